The summed E-state index contributed by atoms with van der Waals surface area (Å²) in [5, 5.41) is 0. The lowest BCUT2D eigenvalue weighted by Crippen LogP contribution is -2.39. The number of rotatable bonds is 8. The van der Waals surface area contributed by atoms with Crippen molar-refractivity contribution in [1.29, 1.82) is 0 Å². The van der Waals surface area contributed by atoms with Gasteiger partial charge in [0.1, 0.15) is 24.5 Å². The second kappa shape index (κ2) is 13.0. The highest BCUT2D eigenvalue weighted by atomic mass is 16.6. The van der Waals surface area contributed by atoms with Gasteiger partial charge >= 0.3 is 11.8 Å². The van der Waals surface area contributed by atoms with Crippen LogP contribution < -0.4 is 15.2 Å². The summed E-state index contributed by atoms with van der Waals surface area (Å²) in [6.07, 6.45) is 2.43. The molecule has 0 unspecified atom stereocenters. The number of aromatic nitrogens is 3. The van der Waals surface area contributed by atoms with Gasteiger partial charge < -0.3 is 19.1 Å². The summed E-state index contributed by atoms with van der Waals surface area (Å²) in [4.78, 5) is 32.7. The lowest BCUT2D eigenvalue weighted by atomic mass is 9.99. The lowest BCUT2D eigenvalue weighted by Gasteiger charge is -2.29. The lowest BCUT2D eigenvalue weighted by molar-refractivity contribution is 0.0270. The van der Waals surface area contributed by atoms with Gasteiger partial charge in [-0.15, -0.1) is 0 Å². The monoisotopic (exact) mass is 618 g/mol. The molecule has 1 aliphatic rings. The largest absolute Gasteiger partial charge is 0.473 e. The van der Waals surface area contributed by atoms with Crippen LogP contribution in [-0.2, 0) is 25.0 Å². The summed E-state index contributed by atoms with van der Waals surface area (Å²) in [5.41, 5.74) is 5.40. The van der Waals surface area contributed by atoms with Crippen molar-refractivity contribution >= 4 is 22.7 Å². The maximum Gasteiger partial charge on any atom is 0.410 e. The van der Waals surface area contributed by atoms with E-state index in [0.717, 1.165) is 33.3 Å². The van der Waals surface area contributed by atoms with E-state index in [0.29, 0.717) is 43.6 Å². The number of fused-ring (bicyclic) bond motifs is 1. The minimum absolute atomic E-state index is 0.217. The molecule has 0 radical (unpaired) electrons. The van der Waals surface area contributed by atoms with Gasteiger partial charge in [-0.1, -0.05) is 72.8 Å². The molecule has 0 N–H and O–H groups in total. The van der Waals surface area contributed by atoms with Crippen LogP contribution in [0.1, 0.15) is 43.9 Å². The molecule has 1 amide bonds. The van der Waals surface area contributed by atoms with Gasteiger partial charge in [0.05, 0.1) is 11.0 Å². The zero-order valence-corrected chi connectivity index (χ0v) is 26.6. The Balaban J connectivity index is 1.31. The molecule has 0 aliphatic carbocycles. The second-order valence-corrected chi connectivity index (χ2v) is 12.3. The molecule has 3 heterocycles. The van der Waals surface area contributed by atoms with Gasteiger partial charge in [0.15, 0.2) is 0 Å². The molecule has 236 valence electrons. The first-order valence-corrected chi connectivity index (χ1v) is 15.4. The van der Waals surface area contributed by atoms with Crippen molar-refractivity contribution in [1.82, 2.24) is 19.0 Å². The van der Waals surface area contributed by atoms with Gasteiger partial charge in [-0.2, -0.15) is 4.98 Å². The number of amides is 1. The van der Waals surface area contributed by atoms with Crippen LogP contribution in [0.25, 0.3) is 22.3 Å². The Kier molecular flexibility index (Phi) is 8.66. The first-order chi connectivity index (χ1) is 22.2. The average molecular weight is 619 g/mol. The summed E-state index contributed by atoms with van der Waals surface area (Å²) in [7, 11) is 1.76. The Hall–Kier alpha value is -5.31. The molecule has 0 saturated carbocycles. The van der Waals surface area contributed by atoms with Crippen LogP contribution in [-0.4, -0.2) is 43.8 Å². The van der Waals surface area contributed by atoms with Crippen molar-refractivity contribution in [3.05, 3.63) is 124 Å². The normalized spacial score (nSPS) is 13.4. The minimum atomic E-state index is -0.540. The first-order valence-electron chi connectivity index (χ1n) is 15.4. The first kappa shape index (κ1) is 30.7. The Morgan fingerprint density at radius 3 is 2.15 bits per heavy atom. The average Bonchev–Trinajstić information content (AvgIpc) is 3.31. The van der Waals surface area contributed by atoms with Gasteiger partial charge in [0.25, 0.3) is 0 Å². The predicted octanol–water partition coefficient (Wildman–Crippen LogP) is 6.91. The Bertz CT molecular complexity index is 1940. The summed E-state index contributed by atoms with van der Waals surface area (Å²) >= 11 is 0. The maximum absolute atomic E-state index is 13.8. The molecular formula is C37H38N4O5. The topological polar surface area (TPSA) is 87.8 Å². The molecule has 2 aromatic heterocycles. The van der Waals surface area contributed by atoms with Crippen LogP contribution in [0.15, 0.2) is 102 Å². The molecule has 1 aliphatic heterocycles. The molecule has 0 atom stereocenters. The summed E-state index contributed by atoms with van der Waals surface area (Å²) in [6, 6.07) is 29.3. The van der Waals surface area contributed by atoms with E-state index >= 15 is 0 Å². The van der Waals surface area contributed by atoms with Crippen molar-refractivity contribution in [3.8, 4) is 17.4 Å². The van der Waals surface area contributed by atoms with Crippen molar-refractivity contribution in [2.45, 2.75) is 46.0 Å². The van der Waals surface area contributed by atoms with Crippen LogP contribution in [0, 0.1) is 0 Å². The highest BCUT2D eigenvalue weighted by Gasteiger charge is 2.25. The number of carbonyl (C=O) groups excluding carboxylic acids is 1. The fraction of sp³-hybridized carbons (Fsp3) is 0.270. The quantitative estimate of drug-likeness (QED) is 0.188. The van der Waals surface area contributed by atoms with Gasteiger partial charge in [0, 0.05) is 26.2 Å². The van der Waals surface area contributed by atoms with Crippen molar-refractivity contribution in [2.75, 3.05) is 13.1 Å². The molecular weight excluding hydrogens is 580 g/mol. The number of ether oxygens (including phenoxy) is 3. The third-order valence-electron chi connectivity index (χ3n) is 7.79. The number of hydrogen-bond acceptors (Lipinski definition) is 6. The molecule has 46 heavy (non-hydrogen) atoms. The Morgan fingerprint density at radius 1 is 0.848 bits per heavy atom. The van der Waals surface area contributed by atoms with Crippen LogP contribution in [0.2, 0.25) is 0 Å². The summed E-state index contributed by atoms with van der Waals surface area (Å²) in [5.74, 6) is 0.696. The number of nitrogens with zero attached hydrogens (tertiary/aromatic N) is 4. The molecule has 0 saturated heterocycles. The molecule has 6 rings (SSSR count). The van der Waals surface area contributed by atoms with E-state index in [2.05, 4.69) is 6.08 Å². The summed E-state index contributed by atoms with van der Waals surface area (Å²) < 4.78 is 21.1. The van der Waals surface area contributed by atoms with Gasteiger partial charge in [0.2, 0.25) is 11.8 Å². The SMILES string of the molecule is Cn1c(=O)n(-c2ccc(OCc3ccccc3)nc2OCc2ccccc2)c2ccc(C3=CCN(C(=O)OC(C)(C)C)CC3)cc21. The third-order valence-corrected chi connectivity index (χ3v) is 7.79. The van der Waals surface area contributed by atoms with Crippen molar-refractivity contribution in [2.24, 2.45) is 7.05 Å². The van der Waals surface area contributed by atoms with Crippen LogP contribution in [0.4, 0.5) is 4.79 Å². The number of carbonyl (C=O) groups is 1. The highest BCUT2D eigenvalue weighted by Crippen LogP contribution is 2.30. The predicted molar refractivity (Wildman–Crippen MR) is 178 cm³/mol. The highest BCUT2D eigenvalue weighted by molar-refractivity contribution is 5.84. The number of aryl methyl sites for hydroxylation is 1. The molecule has 0 fully saturated rings. The van der Waals surface area contributed by atoms with E-state index in [9.17, 15) is 9.59 Å². The molecule has 5 aromatic rings. The number of pyridine rings is 1. The fourth-order valence-electron chi connectivity index (χ4n) is 5.42. The van der Waals surface area contributed by atoms with Gasteiger partial charge in [-0.3, -0.25) is 9.13 Å². The Morgan fingerprint density at radius 2 is 1.52 bits per heavy atom. The summed E-state index contributed by atoms with van der Waals surface area (Å²) in [6.45, 7) is 7.26. The van der Waals surface area contributed by atoms with E-state index in [1.807, 2.05) is 106 Å². The molecule has 0 bridgehead atoms. The van der Waals surface area contributed by atoms with Crippen LogP contribution in [0.3, 0.4) is 0 Å². The third kappa shape index (κ3) is 6.83. The molecule has 3 aromatic carbocycles. The molecule has 0 spiro atoms. The smallest absolute Gasteiger partial charge is 0.410 e. The van der Waals surface area contributed by atoms with Gasteiger partial charge in [-0.05, 0) is 67.7 Å². The number of hydrogen-bond donors (Lipinski definition) is 0. The zero-order chi connectivity index (χ0) is 32.3. The molecule has 9 nitrogen and oxygen atoms in total. The maximum atomic E-state index is 13.8. The van der Waals surface area contributed by atoms with Gasteiger partial charge in [-0.25, -0.2) is 9.59 Å². The second-order valence-electron chi connectivity index (χ2n) is 12.3. The van der Waals surface area contributed by atoms with E-state index in [4.69, 9.17) is 19.2 Å². The van der Waals surface area contributed by atoms with E-state index < -0.39 is 5.60 Å². The standard InChI is InChI=1S/C37H38N4O5/c1-37(2,3)46-36(43)40-21-19-28(20-22-40)29-15-16-30-32(23-29)39(4)35(42)41(30)31-17-18-33(44-24-26-11-7-5-8-12-26)38-34(31)45-25-27-13-9-6-10-14-27/h5-19,23H,20-22,24-25H2,1-4H3. The van der Waals surface area contributed by atoms with E-state index in [1.165, 1.54) is 0 Å². The van der Waals surface area contributed by atoms with Crippen LogP contribution >= 0.6 is 0 Å². The zero-order valence-electron chi connectivity index (χ0n) is 26.6. The van der Waals surface area contributed by atoms with Crippen LogP contribution in [0.5, 0.6) is 11.8 Å². The fourth-order valence-corrected chi connectivity index (χ4v) is 5.42. The van der Waals surface area contributed by atoms with Crippen molar-refractivity contribution < 1.29 is 19.0 Å². The molecule has 9 heteroatoms. The van der Waals surface area contributed by atoms with E-state index in [1.54, 1.807) is 27.1 Å². The van der Waals surface area contributed by atoms with E-state index in [-0.39, 0.29) is 18.4 Å². The van der Waals surface area contributed by atoms with Crippen molar-refractivity contribution in [3.63, 3.8) is 0 Å². The Labute approximate surface area is 268 Å². The minimum Gasteiger partial charge on any atom is -0.473 e. The number of benzene rings is 3. The number of imidazole rings is 1.